The fourth-order valence-electron chi connectivity index (χ4n) is 3.84. The predicted octanol–water partition coefficient (Wildman–Crippen LogP) is 5.40. The lowest BCUT2D eigenvalue weighted by molar-refractivity contribution is 0.103. The number of hydrogen-bond donors (Lipinski definition) is 2. The molecule has 170 valence electrons. The van der Waals surface area contributed by atoms with Crippen LogP contribution in [0.1, 0.15) is 32.2 Å². The van der Waals surface area contributed by atoms with Gasteiger partial charge >= 0.3 is 0 Å². The zero-order valence-corrected chi connectivity index (χ0v) is 20.4. The van der Waals surface area contributed by atoms with E-state index in [1.54, 1.807) is 6.92 Å². The second-order valence-corrected chi connectivity index (χ2v) is 9.97. The Morgan fingerprint density at radius 2 is 1.94 bits per heavy atom. The third-order valence-electron chi connectivity index (χ3n) is 5.54. The normalized spacial score (nSPS) is 11.3. The van der Waals surface area contributed by atoms with Crippen molar-refractivity contribution < 1.29 is 4.79 Å². The molecule has 2 N–H and O–H groups in total. The van der Waals surface area contributed by atoms with Gasteiger partial charge in [-0.15, -0.1) is 11.3 Å². The lowest BCUT2D eigenvalue weighted by atomic mass is 10.1. The Hall–Kier alpha value is -3.56. The number of H-pyrrole nitrogens is 1. The second kappa shape index (κ2) is 9.00. The Labute approximate surface area is 203 Å². The van der Waals surface area contributed by atoms with Crippen LogP contribution >= 0.6 is 23.1 Å². The Bertz CT molecular complexity index is 1620. The molecule has 3 aromatic heterocycles. The first kappa shape index (κ1) is 22.2. The van der Waals surface area contributed by atoms with E-state index in [2.05, 4.69) is 25.3 Å². The van der Waals surface area contributed by atoms with Crippen molar-refractivity contribution in [1.29, 1.82) is 0 Å². The number of fused-ring (bicyclic) bond motifs is 2. The van der Waals surface area contributed by atoms with Crippen LogP contribution in [0.25, 0.3) is 21.1 Å². The standard InChI is InChI=1S/C25H21N5O2S2/c1-13-8-9-17(14(2)10-13)28-23(32)21-15(3)20-22(31)29-19(30-25(20)34-21)11-33-24-16-6-4-5-7-18(16)26-12-27-24/h4-10,12H,11H2,1-3H3,(H,28,32)(H,29,30,31). The average Bonchev–Trinajstić information content (AvgIpc) is 3.16. The van der Waals surface area contributed by atoms with Crippen molar-refractivity contribution in [1.82, 2.24) is 19.9 Å². The van der Waals surface area contributed by atoms with Gasteiger partial charge in [0.05, 0.1) is 21.5 Å². The van der Waals surface area contributed by atoms with Crippen LogP contribution in [0, 0.1) is 20.8 Å². The van der Waals surface area contributed by atoms with E-state index >= 15 is 0 Å². The molecule has 0 atom stereocenters. The van der Waals surface area contributed by atoms with E-state index in [0.717, 1.165) is 32.7 Å². The maximum absolute atomic E-state index is 13.0. The summed E-state index contributed by atoms with van der Waals surface area (Å²) < 4.78 is 0. The number of carbonyl (C=O) groups excluding carboxylic acids is 1. The molecule has 1 amide bonds. The molecule has 34 heavy (non-hydrogen) atoms. The number of anilines is 1. The van der Waals surface area contributed by atoms with Gasteiger partial charge in [0.15, 0.2) is 0 Å². The maximum atomic E-state index is 13.0. The molecule has 0 aliphatic rings. The van der Waals surface area contributed by atoms with Crippen LogP contribution < -0.4 is 10.9 Å². The Kier molecular flexibility index (Phi) is 5.89. The number of aromatic nitrogens is 4. The van der Waals surface area contributed by atoms with Crippen molar-refractivity contribution in [3.05, 3.63) is 86.5 Å². The lowest BCUT2D eigenvalue weighted by Crippen LogP contribution is -2.13. The Balaban J connectivity index is 1.43. The summed E-state index contributed by atoms with van der Waals surface area (Å²) in [5.74, 6) is 0.732. The van der Waals surface area contributed by atoms with Gasteiger partial charge in [-0.25, -0.2) is 15.0 Å². The third-order valence-corrected chi connectivity index (χ3v) is 7.74. The number of nitrogens with zero attached hydrogens (tertiary/aromatic N) is 3. The highest BCUT2D eigenvalue weighted by Gasteiger charge is 2.20. The molecule has 0 radical (unpaired) electrons. The first-order valence-electron chi connectivity index (χ1n) is 10.6. The quantitative estimate of drug-likeness (QED) is 0.254. The predicted molar refractivity (Wildman–Crippen MR) is 138 cm³/mol. The van der Waals surface area contributed by atoms with Crippen LogP contribution in [-0.4, -0.2) is 25.8 Å². The summed E-state index contributed by atoms with van der Waals surface area (Å²) in [4.78, 5) is 43.1. The number of para-hydroxylation sites is 1. The fourth-order valence-corrected chi connectivity index (χ4v) is 5.79. The van der Waals surface area contributed by atoms with Crippen LogP contribution in [0.5, 0.6) is 0 Å². The first-order chi connectivity index (χ1) is 16.4. The summed E-state index contributed by atoms with van der Waals surface area (Å²) in [7, 11) is 0. The number of thiophene rings is 1. The molecule has 5 rings (SSSR count). The SMILES string of the molecule is Cc1ccc(NC(=O)c2sc3nc(CSc4ncnc5ccccc45)[nH]c(=O)c3c2C)c(C)c1. The summed E-state index contributed by atoms with van der Waals surface area (Å²) in [6, 6.07) is 13.7. The number of carbonyl (C=O) groups is 1. The summed E-state index contributed by atoms with van der Waals surface area (Å²) >= 11 is 2.72. The largest absolute Gasteiger partial charge is 0.321 e. The highest BCUT2D eigenvalue weighted by Crippen LogP contribution is 2.30. The third kappa shape index (κ3) is 4.20. The molecule has 0 saturated carbocycles. The number of hydrogen-bond acceptors (Lipinski definition) is 7. The lowest BCUT2D eigenvalue weighted by Gasteiger charge is -2.08. The molecule has 5 aromatic rings. The topological polar surface area (TPSA) is 101 Å². The van der Waals surface area contributed by atoms with Gasteiger partial charge in [0, 0.05) is 11.1 Å². The number of rotatable bonds is 5. The molecule has 0 aliphatic carbocycles. The molecule has 3 heterocycles. The van der Waals surface area contributed by atoms with Crippen molar-refractivity contribution in [2.45, 2.75) is 31.6 Å². The van der Waals surface area contributed by atoms with Crippen molar-refractivity contribution in [2.24, 2.45) is 0 Å². The van der Waals surface area contributed by atoms with Crippen molar-refractivity contribution in [2.75, 3.05) is 5.32 Å². The van der Waals surface area contributed by atoms with Crippen LogP contribution in [0.15, 0.2) is 58.6 Å². The van der Waals surface area contributed by atoms with Gasteiger partial charge in [-0.2, -0.15) is 0 Å². The number of thioether (sulfide) groups is 1. The number of aryl methyl sites for hydroxylation is 3. The van der Waals surface area contributed by atoms with Gasteiger partial charge in [-0.1, -0.05) is 47.7 Å². The van der Waals surface area contributed by atoms with Gasteiger partial charge in [0.1, 0.15) is 22.0 Å². The molecule has 0 spiro atoms. The summed E-state index contributed by atoms with van der Waals surface area (Å²) in [6.45, 7) is 5.75. The monoisotopic (exact) mass is 487 g/mol. The molecular formula is C25H21N5O2S2. The molecule has 0 saturated heterocycles. The number of benzene rings is 2. The fraction of sp³-hybridized carbons (Fsp3) is 0.160. The smallest absolute Gasteiger partial charge is 0.266 e. The molecule has 0 bridgehead atoms. The van der Waals surface area contributed by atoms with Crippen molar-refractivity contribution >= 4 is 55.8 Å². The van der Waals surface area contributed by atoms with Crippen molar-refractivity contribution in [3.8, 4) is 0 Å². The van der Waals surface area contributed by atoms with E-state index in [0.29, 0.717) is 32.2 Å². The van der Waals surface area contributed by atoms with E-state index < -0.39 is 0 Å². The molecule has 0 aliphatic heterocycles. The second-order valence-electron chi connectivity index (χ2n) is 8.01. The molecule has 7 nitrogen and oxygen atoms in total. The minimum Gasteiger partial charge on any atom is -0.321 e. The molecule has 9 heteroatoms. The van der Waals surface area contributed by atoms with E-state index in [-0.39, 0.29) is 11.5 Å². The van der Waals surface area contributed by atoms with Crippen LogP contribution in [0.4, 0.5) is 5.69 Å². The van der Waals surface area contributed by atoms with Gasteiger partial charge in [0.2, 0.25) is 0 Å². The zero-order valence-electron chi connectivity index (χ0n) is 18.8. The number of aromatic amines is 1. The van der Waals surface area contributed by atoms with Crippen LogP contribution in [0.2, 0.25) is 0 Å². The molecule has 2 aromatic carbocycles. The molecule has 0 fully saturated rings. The zero-order chi connectivity index (χ0) is 23.8. The Morgan fingerprint density at radius 3 is 2.76 bits per heavy atom. The Morgan fingerprint density at radius 1 is 1.12 bits per heavy atom. The minimum absolute atomic E-state index is 0.241. The van der Waals surface area contributed by atoms with E-state index in [4.69, 9.17) is 0 Å². The van der Waals surface area contributed by atoms with Gasteiger partial charge in [0.25, 0.3) is 11.5 Å². The van der Waals surface area contributed by atoms with Crippen molar-refractivity contribution in [3.63, 3.8) is 0 Å². The van der Waals surface area contributed by atoms with Crippen LogP contribution in [-0.2, 0) is 5.75 Å². The molecular weight excluding hydrogens is 466 g/mol. The van der Waals surface area contributed by atoms with Gasteiger partial charge < -0.3 is 10.3 Å². The highest BCUT2D eigenvalue weighted by atomic mass is 32.2. The summed E-state index contributed by atoms with van der Waals surface area (Å²) in [5, 5.41) is 5.20. The number of nitrogens with one attached hydrogen (secondary N) is 2. The van der Waals surface area contributed by atoms with E-state index in [1.165, 1.54) is 29.4 Å². The van der Waals surface area contributed by atoms with Gasteiger partial charge in [-0.3, -0.25) is 9.59 Å². The number of amides is 1. The first-order valence-corrected chi connectivity index (χ1v) is 12.4. The highest BCUT2D eigenvalue weighted by molar-refractivity contribution is 7.98. The average molecular weight is 488 g/mol. The summed E-state index contributed by atoms with van der Waals surface area (Å²) in [5.41, 5.74) is 4.13. The summed E-state index contributed by atoms with van der Waals surface area (Å²) in [6.07, 6.45) is 1.54. The van der Waals surface area contributed by atoms with E-state index in [9.17, 15) is 9.59 Å². The van der Waals surface area contributed by atoms with Gasteiger partial charge in [-0.05, 0) is 44.0 Å². The van der Waals surface area contributed by atoms with E-state index in [1.807, 2.05) is 56.3 Å². The minimum atomic E-state index is -0.243. The molecule has 0 unspecified atom stereocenters. The van der Waals surface area contributed by atoms with Crippen LogP contribution in [0.3, 0.4) is 0 Å². The maximum Gasteiger partial charge on any atom is 0.266 e.